The number of hydrogen-bond donors (Lipinski definition) is 1. The maximum Gasteiger partial charge on any atom is 0.254 e. The van der Waals surface area contributed by atoms with E-state index in [1.54, 1.807) is 33.9 Å². The molecule has 2 saturated heterocycles. The molecule has 0 aromatic carbocycles. The van der Waals surface area contributed by atoms with Crippen molar-refractivity contribution < 1.29 is 4.39 Å². The minimum absolute atomic E-state index is 0.0771. The van der Waals surface area contributed by atoms with Gasteiger partial charge in [0.15, 0.2) is 0 Å². The third kappa shape index (κ3) is 5.36. The normalized spacial score (nSPS) is 23.0. The van der Waals surface area contributed by atoms with Gasteiger partial charge in [0.2, 0.25) is 0 Å². The van der Waals surface area contributed by atoms with Crippen molar-refractivity contribution in [3.05, 3.63) is 47.3 Å². The number of aromatic nitrogens is 6. The lowest BCUT2D eigenvalue weighted by molar-refractivity contribution is 0.364. The van der Waals surface area contributed by atoms with Gasteiger partial charge in [0.05, 0.1) is 25.1 Å². The Kier molecular flexibility index (Phi) is 6.62. The molecule has 3 fully saturated rings. The highest BCUT2D eigenvalue weighted by Crippen LogP contribution is 2.28. The summed E-state index contributed by atoms with van der Waals surface area (Å²) in [7, 11) is 0. The van der Waals surface area contributed by atoms with Gasteiger partial charge in [-0.2, -0.15) is 0 Å². The van der Waals surface area contributed by atoms with Crippen LogP contribution in [0, 0.1) is 5.92 Å². The van der Waals surface area contributed by atoms with Crippen molar-refractivity contribution >= 4 is 11.5 Å². The quantitative estimate of drug-likeness (QED) is 0.497. The van der Waals surface area contributed by atoms with Gasteiger partial charge in [-0.25, -0.2) is 14.1 Å². The summed E-state index contributed by atoms with van der Waals surface area (Å²) in [5, 5.41) is 12.2. The molecule has 1 aliphatic carbocycles. The zero-order valence-corrected chi connectivity index (χ0v) is 21.2. The number of pyridine rings is 1. The molecule has 0 spiro atoms. The molecule has 0 bridgehead atoms. The lowest BCUT2D eigenvalue weighted by Gasteiger charge is -2.35. The summed E-state index contributed by atoms with van der Waals surface area (Å²) < 4.78 is 16.9. The van der Waals surface area contributed by atoms with Crippen molar-refractivity contribution in [3.63, 3.8) is 0 Å². The summed E-state index contributed by atoms with van der Waals surface area (Å²) in [6.45, 7) is 5.88. The highest BCUT2D eigenvalue weighted by molar-refractivity contribution is 5.54. The first-order valence-corrected chi connectivity index (χ1v) is 13.4. The predicted molar refractivity (Wildman–Crippen MR) is 140 cm³/mol. The molecule has 5 heterocycles. The minimum atomic E-state index is -0.836. The molecular weight excluding hydrogens is 473 g/mol. The van der Waals surface area contributed by atoms with E-state index >= 15 is 0 Å². The van der Waals surface area contributed by atoms with E-state index in [1.165, 1.54) is 19.3 Å². The zero-order valence-electron chi connectivity index (χ0n) is 21.2. The molecule has 3 aromatic rings. The molecule has 1 saturated carbocycles. The number of alkyl halides is 1. The number of piperidine rings is 1. The fourth-order valence-corrected chi connectivity index (χ4v) is 5.28. The first-order chi connectivity index (χ1) is 18.0. The van der Waals surface area contributed by atoms with E-state index in [-0.39, 0.29) is 11.7 Å². The Bertz CT molecular complexity index is 1290. The van der Waals surface area contributed by atoms with E-state index in [4.69, 9.17) is 0 Å². The van der Waals surface area contributed by atoms with Crippen LogP contribution in [0.25, 0.3) is 11.4 Å². The van der Waals surface area contributed by atoms with Crippen LogP contribution in [0.1, 0.15) is 45.2 Å². The van der Waals surface area contributed by atoms with Crippen LogP contribution in [-0.4, -0.2) is 74.5 Å². The first kappa shape index (κ1) is 24.0. The highest BCUT2D eigenvalue weighted by Gasteiger charge is 2.26. The molecule has 3 aromatic heterocycles. The topological polar surface area (TPSA) is 97.0 Å². The van der Waals surface area contributed by atoms with Gasteiger partial charge in [-0.3, -0.25) is 14.3 Å². The molecule has 196 valence electrons. The van der Waals surface area contributed by atoms with Crippen LogP contribution in [0.5, 0.6) is 0 Å². The number of nitrogens with zero attached hydrogens (tertiary/aromatic N) is 8. The average molecular weight is 508 g/mol. The number of hydrogen-bond acceptors (Lipinski definition) is 8. The fraction of sp³-hybridized carbons (Fsp3) is 0.577. The molecule has 37 heavy (non-hydrogen) atoms. The SMILES string of the molecule is CC(n1cc(-c2cncc(N3CC[C@H](F)C3)n2)nn1)n1ccc(N2CCC[C@@H](NCC3CC3)C2)cc1=O. The Hall–Kier alpha value is -3.34. The summed E-state index contributed by atoms with van der Waals surface area (Å²) >= 11 is 0. The van der Waals surface area contributed by atoms with E-state index < -0.39 is 6.17 Å². The highest BCUT2D eigenvalue weighted by atomic mass is 19.1. The second-order valence-electron chi connectivity index (χ2n) is 10.6. The van der Waals surface area contributed by atoms with Crippen LogP contribution in [0.15, 0.2) is 41.7 Å². The third-order valence-electron chi connectivity index (χ3n) is 7.75. The first-order valence-electron chi connectivity index (χ1n) is 13.4. The molecule has 11 heteroatoms. The van der Waals surface area contributed by atoms with E-state index in [0.29, 0.717) is 42.8 Å². The average Bonchev–Trinajstić information content (AvgIpc) is 3.43. The summed E-state index contributed by atoms with van der Waals surface area (Å²) in [6.07, 6.45) is 11.2. The van der Waals surface area contributed by atoms with Crippen molar-refractivity contribution in [2.45, 2.75) is 57.4 Å². The number of nitrogens with one attached hydrogen (secondary N) is 1. The lowest BCUT2D eigenvalue weighted by atomic mass is 10.0. The molecule has 3 atom stereocenters. The minimum Gasteiger partial charge on any atom is -0.370 e. The van der Waals surface area contributed by atoms with E-state index in [1.807, 2.05) is 24.1 Å². The summed E-state index contributed by atoms with van der Waals surface area (Å²) in [6, 6.07) is 4.22. The summed E-state index contributed by atoms with van der Waals surface area (Å²) in [5.41, 5.74) is 2.01. The molecule has 2 aliphatic heterocycles. The van der Waals surface area contributed by atoms with Gasteiger partial charge in [-0.15, -0.1) is 5.10 Å². The van der Waals surface area contributed by atoms with Crippen molar-refractivity contribution in [1.82, 2.24) is 34.8 Å². The molecule has 0 amide bonds. The molecule has 1 unspecified atom stereocenters. The van der Waals surface area contributed by atoms with E-state index in [9.17, 15) is 9.18 Å². The Labute approximate surface area is 215 Å². The lowest BCUT2D eigenvalue weighted by Crippen LogP contribution is -2.46. The second kappa shape index (κ2) is 10.2. The molecular formula is C26H34FN9O. The summed E-state index contributed by atoms with van der Waals surface area (Å²) in [4.78, 5) is 26.2. The molecule has 0 radical (unpaired) electrons. The Balaban J connectivity index is 1.14. The largest absolute Gasteiger partial charge is 0.370 e. The van der Waals surface area contributed by atoms with Crippen LogP contribution in [0.2, 0.25) is 0 Å². The molecule has 3 aliphatic rings. The number of halogens is 1. The van der Waals surface area contributed by atoms with Gasteiger partial charge in [-0.05, 0) is 57.6 Å². The maximum atomic E-state index is 13.6. The van der Waals surface area contributed by atoms with Gasteiger partial charge in [0.1, 0.15) is 29.5 Å². The Morgan fingerprint density at radius 1 is 1.11 bits per heavy atom. The van der Waals surface area contributed by atoms with Gasteiger partial charge < -0.3 is 15.1 Å². The van der Waals surface area contributed by atoms with Crippen molar-refractivity contribution in [1.29, 1.82) is 0 Å². The van der Waals surface area contributed by atoms with Crippen LogP contribution < -0.4 is 20.7 Å². The van der Waals surface area contributed by atoms with Crippen molar-refractivity contribution in [2.75, 3.05) is 42.5 Å². The second-order valence-corrected chi connectivity index (χ2v) is 10.6. The van der Waals surface area contributed by atoms with Crippen LogP contribution in [-0.2, 0) is 0 Å². The Morgan fingerprint density at radius 2 is 2.00 bits per heavy atom. The van der Waals surface area contributed by atoms with Crippen LogP contribution in [0.3, 0.4) is 0 Å². The zero-order chi connectivity index (χ0) is 25.4. The monoisotopic (exact) mass is 507 g/mol. The van der Waals surface area contributed by atoms with Gasteiger partial charge >= 0.3 is 0 Å². The Morgan fingerprint density at radius 3 is 2.78 bits per heavy atom. The standard InChI is InChI=1S/C26H34FN9O/c1-18(36-17-24(31-32-36)23-13-28-14-25(30-23)34-9-6-20(27)15-34)35-10-7-22(11-26(35)37)33-8-2-3-21(16-33)29-12-19-4-5-19/h7,10-11,13-14,17-21,29H,2-6,8-9,12,15-16H2,1H3/t18?,20-,21+/m0/s1. The molecule has 10 nitrogen and oxygen atoms in total. The predicted octanol–water partition coefficient (Wildman–Crippen LogP) is 2.48. The number of rotatable bonds is 8. The van der Waals surface area contributed by atoms with Crippen molar-refractivity contribution in [2.24, 2.45) is 5.92 Å². The molecule has 6 rings (SSSR count). The van der Waals surface area contributed by atoms with E-state index in [2.05, 4.69) is 30.5 Å². The molecule has 1 N–H and O–H groups in total. The van der Waals surface area contributed by atoms with E-state index in [0.717, 1.165) is 37.7 Å². The fourth-order valence-electron chi connectivity index (χ4n) is 5.28. The van der Waals surface area contributed by atoms with Gasteiger partial charge in [0, 0.05) is 43.6 Å². The van der Waals surface area contributed by atoms with Crippen molar-refractivity contribution in [3.8, 4) is 11.4 Å². The van der Waals surface area contributed by atoms with Gasteiger partial charge in [0.25, 0.3) is 5.56 Å². The van der Waals surface area contributed by atoms with Crippen LogP contribution in [0.4, 0.5) is 15.9 Å². The third-order valence-corrected chi connectivity index (χ3v) is 7.75. The number of anilines is 2. The smallest absolute Gasteiger partial charge is 0.254 e. The maximum absolute atomic E-state index is 13.6. The van der Waals surface area contributed by atoms with Crippen LogP contribution >= 0.6 is 0 Å². The summed E-state index contributed by atoms with van der Waals surface area (Å²) in [5.74, 6) is 1.50. The van der Waals surface area contributed by atoms with Gasteiger partial charge in [-0.1, -0.05) is 5.21 Å².